The molecule has 2 aromatic carbocycles. The number of benzene rings is 2. The van der Waals surface area contributed by atoms with Crippen LogP contribution in [0.1, 0.15) is 15.9 Å². The maximum absolute atomic E-state index is 12.2. The van der Waals surface area contributed by atoms with E-state index in [1.807, 2.05) is 12.1 Å². The molecule has 110 valence electrons. The number of hydrogen-bond donors (Lipinski definition) is 2. The summed E-state index contributed by atoms with van der Waals surface area (Å²) in [5.41, 5.74) is 7.65. The summed E-state index contributed by atoms with van der Waals surface area (Å²) in [5.74, 6) is 1.02. The van der Waals surface area contributed by atoms with Crippen molar-refractivity contribution < 1.29 is 14.3 Å². The van der Waals surface area contributed by atoms with Crippen LogP contribution in [0.25, 0.3) is 0 Å². The lowest BCUT2D eigenvalue weighted by Gasteiger charge is -2.10. The minimum atomic E-state index is -0.208. The van der Waals surface area contributed by atoms with Crippen LogP contribution >= 0.6 is 0 Å². The van der Waals surface area contributed by atoms with Gasteiger partial charge in [0.15, 0.2) is 0 Å². The molecule has 5 heteroatoms. The van der Waals surface area contributed by atoms with Crippen LogP contribution in [-0.4, -0.2) is 20.1 Å². The van der Waals surface area contributed by atoms with Gasteiger partial charge in [0.1, 0.15) is 11.5 Å². The van der Waals surface area contributed by atoms with Gasteiger partial charge in [-0.25, -0.2) is 0 Å². The molecule has 1 amide bonds. The normalized spacial score (nSPS) is 10.0. The second kappa shape index (κ2) is 6.76. The highest BCUT2D eigenvalue weighted by molar-refractivity contribution is 6.04. The number of rotatable bonds is 5. The van der Waals surface area contributed by atoms with Gasteiger partial charge in [0, 0.05) is 36.0 Å². The number of hydrogen-bond acceptors (Lipinski definition) is 4. The molecule has 0 unspecified atom stereocenters. The molecule has 0 aromatic heterocycles. The fourth-order valence-corrected chi connectivity index (χ4v) is 1.92. The Morgan fingerprint density at radius 1 is 1.10 bits per heavy atom. The maximum atomic E-state index is 12.2. The molecule has 0 heterocycles. The molecule has 5 nitrogen and oxygen atoms in total. The monoisotopic (exact) mass is 286 g/mol. The Morgan fingerprint density at radius 2 is 1.76 bits per heavy atom. The number of methoxy groups -OCH3 is 2. The van der Waals surface area contributed by atoms with E-state index < -0.39 is 0 Å². The minimum Gasteiger partial charge on any atom is -0.497 e. The van der Waals surface area contributed by atoms with Gasteiger partial charge in [0.25, 0.3) is 5.91 Å². The molecule has 2 rings (SSSR count). The quantitative estimate of drug-likeness (QED) is 0.885. The first-order valence-corrected chi connectivity index (χ1v) is 6.49. The molecule has 0 saturated carbocycles. The van der Waals surface area contributed by atoms with E-state index in [0.29, 0.717) is 29.3 Å². The van der Waals surface area contributed by atoms with E-state index in [1.165, 1.54) is 0 Å². The van der Waals surface area contributed by atoms with Crippen molar-refractivity contribution in [3.05, 3.63) is 53.6 Å². The molecule has 3 N–H and O–H groups in total. The van der Waals surface area contributed by atoms with Crippen LogP contribution in [0.15, 0.2) is 42.5 Å². The van der Waals surface area contributed by atoms with E-state index in [-0.39, 0.29) is 5.91 Å². The Bertz CT molecular complexity index is 619. The van der Waals surface area contributed by atoms with Gasteiger partial charge in [-0.15, -0.1) is 0 Å². The molecule has 0 bridgehead atoms. The third-order valence-electron chi connectivity index (χ3n) is 3.03. The highest BCUT2D eigenvalue weighted by Gasteiger charge is 2.09. The predicted molar refractivity (Wildman–Crippen MR) is 81.8 cm³/mol. The SMILES string of the molecule is COc1cc(NC(=O)c2cccc(CN)c2)cc(OC)c1. The van der Waals surface area contributed by atoms with Gasteiger partial charge in [-0.05, 0) is 17.7 Å². The summed E-state index contributed by atoms with van der Waals surface area (Å²) in [5, 5.41) is 2.82. The zero-order valence-corrected chi connectivity index (χ0v) is 12.1. The number of nitrogens with one attached hydrogen (secondary N) is 1. The first kappa shape index (κ1) is 14.9. The Hall–Kier alpha value is -2.53. The largest absolute Gasteiger partial charge is 0.497 e. The average Bonchev–Trinajstić information content (AvgIpc) is 2.54. The van der Waals surface area contributed by atoms with Crippen LogP contribution in [0, 0.1) is 0 Å². The van der Waals surface area contributed by atoms with Crippen LogP contribution in [0.5, 0.6) is 11.5 Å². The number of anilines is 1. The number of carbonyl (C=O) groups excluding carboxylic acids is 1. The molecular weight excluding hydrogens is 268 g/mol. The predicted octanol–water partition coefficient (Wildman–Crippen LogP) is 2.41. The van der Waals surface area contributed by atoms with E-state index in [1.54, 1.807) is 44.6 Å². The first-order valence-electron chi connectivity index (χ1n) is 6.49. The minimum absolute atomic E-state index is 0.208. The summed E-state index contributed by atoms with van der Waals surface area (Å²) < 4.78 is 10.3. The molecule has 0 spiro atoms. The van der Waals surface area contributed by atoms with Crippen molar-refractivity contribution in [1.29, 1.82) is 0 Å². The van der Waals surface area contributed by atoms with E-state index in [9.17, 15) is 4.79 Å². The first-order chi connectivity index (χ1) is 10.2. The Balaban J connectivity index is 2.22. The molecule has 2 aromatic rings. The Labute approximate surface area is 123 Å². The molecule has 0 radical (unpaired) electrons. The molecule has 0 saturated heterocycles. The zero-order valence-electron chi connectivity index (χ0n) is 12.1. The van der Waals surface area contributed by atoms with Gasteiger partial charge >= 0.3 is 0 Å². The molecule has 0 aliphatic rings. The molecule has 0 fully saturated rings. The number of nitrogens with two attached hydrogens (primary N) is 1. The Kier molecular flexibility index (Phi) is 4.79. The smallest absolute Gasteiger partial charge is 0.255 e. The van der Waals surface area contributed by atoms with Crippen LogP contribution < -0.4 is 20.5 Å². The van der Waals surface area contributed by atoms with Crippen molar-refractivity contribution in [2.45, 2.75) is 6.54 Å². The van der Waals surface area contributed by atoms with E-state index in [2.05, 4.69) is 5.32 Å². The van der Waals surface area contributed by atoms with Gasteiger partial charge in [-0.2, -0.15) is 0 Å². The number of amides is 1. The zero-order chi connectivity index (χ0) is 15.2. The third-order valence-corrected chi connectivity index (χ3v) is 3.03. The topological polar surface area (TPSA) is 73.6 Å². The standard InChI is InChI=1S/C16H18N2O3/c1-20-14-7-13(8-15(9-14)21-2)18-16(19)12-5-3-4-11(6-12)10-17/h3-9H,10,17H2,1-2H3,(H,18,19). The van der Waals surface area contributed by atoms with Crippen LogP contribution in [0.2, 0.25) is 0 Å². The molecule has 0 atom stereocenters. The lowest BCUT2D eigenvalue weighted by molar-refractivity contribution is 0.102. The number of ether oxygens (including phenoxy) is 2. The van der Waals surface area contributed by atoms with Crippen LogP contribution in [-0.2, 0) is 6.54 Å². The third kappa shape index (κ3) is 3.73. The van der Waals surface area contributed by atoms with Crippen molar-refractivity contribution in [2.24, 2.45) is 5.73 Å². The van der Waals surface area contributed by atoms with Crippen molar-refractivity contribution >= 4 is 11.6 Å². The summed E-state index contributed by atoms with van der Waals surface area (Å²) >= 11 is 0. The lowest BCUT2D eigenvalue weighted by Crippen LogP contribution is -2.12. The van der Waals surface area contributed by atoms with Gasteiger partial charge < -0.3 is 20.5 Å². The Morgan fingerprint density at radius 3 is 2.33 bits per heavy atom. The molecular formula is C16H18N2O3. The highest BCUT2D eigenvalue weighted by Crippen LogP contribution is 2.26. The summed E-state index contributed by atoms with van der Waals surface area (Å²) in [7, 11) is 3.12. The summed E-state index contributed by atoms with van der Waals surface area (Å²) in [4.78, 5) is 12.2. The average molecular weight is 286 g/mol. The van der Waals surface area contributed by atoms with Gasteiger partial charge in [0.2, 0.25) is 0 Å². The summed E-state index contributed by atoms with van der Waals surface area (Å²) in [6.07, 6.45) is 0. The van der Waals surface area contributed by atoms with Crippen molar-refractivity contribution in [1.82, 2.24) is 0 Å². The van der Waals surface area contributed by atoms with E-state index in [0.717, 1.165) is 5.56 Å². The van der Waals surface area contributed by atoms with Crippen molar-refractivity contribution in [3.63, 3.8) is 0 Å². The second-order valence-electron chi connectivity index (χ2n) is 4.46. The molecule has 0 aliphatic carbocycles. The fourth-order valence-electron chi connectivity index (χ4n) is 1.92. The van der Waals surface area contributed by atoms with E-state index in [4.69, 9.17) is 15.2 Å². The highest BCUT2D eigenvalue weighted by atomic mass is 16.5. The van der Waals surface area contributed by atoms with Crippen LogP contribution in [0.3, 0.4) is 0 Å². The summed E-state index contributed by atoms with van der Waals surface area (Å²) in [6.45, 7) is 0.397. The second-order valence-corrected chi connectivity index (χ2v) is 4.46. The van der Waals surface area contributed by atoms with E-state index >= 15 is 0 Å². The van der Waals surface area contributed by atoms with Gasteiger partial charge in [-0.1, -0.05) is 12.1 Å². The number of carbonyl (C=O) groups is 1. The maximum Gasteiger partial charge on any atom is 0.255 e. The van der Waals surface area contributed by atoms with Crippen molar-refractivity contribution in [2.75, 3.05) is 19.5 Å². The van der Waals surface area contributed by atoms with Gasteiger partial charge in [0.05, 0.1) is 14.2 Å². The molecule has 0 aliphatic heterocycles. The molecule has 21 heavy (non-hydrogen) atoms. The fraction of sp³-hybridized carbons (Fsp3) is 0.188. The van der Waals surface area contributed by atoms with Gasteiger partial charge in [-0.3, -0.25) is 4.79 Å². The lowest BCUT2D eigenvalue weighted by atomic mass is 10.1. The van der Waals surface area contributed by atoms with Crippen molar-refractivity contribution in [3.8, 4) is 11.5 Å². The van der Waals surface area contributed by atoms with Crippen LogP contribution in [0.4, 0.5) is 5.69 Å². The summed E-state index contributed by atoms with van der Waals surface area (Å²) in [6, 6.07) is 12.4.